The maximum absolute atomic E-state index is 5.27. The SMILES string of the molecule is c1cncc(-c2cccc(-c3cc(-c4ccc(-c5cccc6ccccc56)cc4)nc(-c4ccc(-c5ccc6c7ccccc7c7ccccc7c6c5)cc4)n3)c2)c1.c1cncc(-c2cccc(-c3cc(-c4ccc(-c5cccc6ccccc56)cc4)nc(-c4cccc(-c5ccc6c7ccccc7c7ccccc7c6c5)c4)n3)c2)c1. The van der Waals surface area contributed by atoms with Gasteiger partial charge in [0.2, 0.25) is 0 Å². The highest BCUT2D eigenvalue weighted by atomic mass is 14.9. The summed E-state index contributed by atoms with van der Waals surface area (Å²) in [7, 11) is 0. The maximum atomic E-state index is 5.27. The molecule has 0 saturated carbocycles. The molecular weight excluding hydrogens is 1410 g/mol. The van der Waals surface area contributed by atoms with Gasteiger partial charge in [0, 0.05) is 69.3 Å². The van der Waals surface area contributed by atoms with Gasteiger partial charge in [-0.05, 0) is 196 Å². The summed E-state index contributed by atoms with van der Waals surface area (Å²) in [4.78, 5) is 29.7. The van der Waals surface area contributed by atoms with E-state index in [4.69, 9.17) is 19.9 Å². The standard InChI is InChI=1S/2C55H35N3/c1-2-18-45-36(11-1)12-9-23-46(45)37-24-26-38(27-25-37)53-34-54(42-15-7-14-40(31-42)44-17-10-30-56-35-44)58-55(57-53)43-16-8-13-39(32-43)41-28-29-51-49-21-4-3-19-47(49)48-20-5-6-22-50(48)52(51)33-41;1-2-15-45-37(10-1)11-8-20-46(45)38-23-25-39(26-24-38)53-34-54(43-13-7-12-41(32-43)44-14-9-31-56-35-44)58-55(57-53)40-27-21-36(22-28-40)42-29-30-51-49-18-4-3-16-47(49)48-17-5-6-19-50(48)52(51)33-42/h2*1-35H. The maximum Gasteiger partial charge on any atom is 0.160 e. The minimum atomic E-state index is 0.677. The molecule has 4 aromatic heterocycles. The third kappa shape index (κ3) is 13.0. The van der Waals surface area contributed by atoms with Gasteiger partial charge in [0.25, 0.3) is 0 Å². The number of nitrogens with zero attached hydrogens (tertiary/aromatic N) is 6. The highest BCUT2D eigenvalue weighted by Crippen LogP contribution is 2.43. The van der Waals surface area contributed by atoms with Gasteiger partial charge in [-0.1, -0.05) is 346 Å². The molecule has 0 aliphatic rings. The summed E-state index contributed by atoms with van der Waals surface area (Å²) < 4.78 is 0. The van der Waals surface area contributed by atoms with E-state index in [1.807, 2.05) is 24.5 Å². The van der Waals surface area contributed by atoms with Gasteiger partial charge < -0.3 is 0 Å². The van der Waals surface area contributed by atoms with Crippen LogP contribution in [0.25, 0.3) is 221 Å². The molecule has 0 bridgehead atoms. The molecule has 540 valence electrons. The predicted molar refractivity (Wildman–Crippen MR) is 485 cm³/mol. The zero-order valence-corrected chi connectivity index (χ0v) is 63.1. The van der Waals surface area contributed by atoms with Gasteiger partial charge in [0.15, 0.2) is 11.6 Å². The molecule has 6 nitrogen and oxygen atoms in total. The van der Waals surface area contributed by atoms with Gasteiger partial charge in [0.1, 0.15) is 0 Å². The Kier molecular flexibility index (Phi) is 17.5. The molecule has 0 radical (unpaired) electrons. The molecular formula is C110H70N6. The predicted octanol–water partition coefficient (Wildman–Crippen LogP) is 29.0. The molecule has 22 aromatic rings. The van der Waals surface area contributed by atoms with Crippen LogP contribution in [0.3, 0.4) is 0 Å². The molecule has 6 heteroatoms. The highest BCUT2D eigenvalue weighted by molar-refractivity contribution is 6.27. The van der Waals surface area contributed by atoms with Crippen LogP contribution in [0, 0.1) is 0 Å². The van der Waals surface area contributed by atoms with E-state index in [0.29, 0.717) is 11.6 Å². The minimum Gasteiger partial charge on any atom is -0.264 e. The number of hydrogen-bond donors (Lipinski definition) is 0. The van der Waals surface area contributed by atoms with E-state index < -0.39 is 0 Å². The van der Waals surface area contributed by atoms with E-state index in [1.54, 1.807) is 12.4 Å². The van der Waals surface area contributed by atoms with Crippen molar-refractivity contribution in [3.8, 4) is 135 Å². The Bertz CT molecular complexity index is 7470. The van der Waals surface area contributed by atoms with Crippen LogP contribution in [0.5, 0.6) is 0 Å². The van der Waals surface area contributed by atoms with Gasteiger partial charge in [-0.25, -0.2) is 19.9 Å². The van der Waals surface area contributed by atoms with Crippen molar-refractivity contribution < 1.29 is 0 Å². The van der Waals surface area contributed by atoms with Crippen LogP contribution < -0.4 is 0 Å². The second kappa shape index (κ2) is 29.6. The molecule has 0 unspecified atom stereocenters. The first-order chi connectivity index (χ1) is 57.5. The largest absolute Gasteiger partial charge is 0.264 e. The monoisotopic (exact) mass is 1470 g/mol. The summed E-state index contributed by atoms with van der Waals surface area (Å²) in [6.07, 6.45) is 7.40. The van der Waals surface area contributed by atoms with Crippen LogP contribution in [0.4, 0.5) is 0 Å². The first kappa shape index (κ1) is 68.5. The molecule has 0 spiro atoms. The summed E-state index contributed by atoms with van der Waals surface area (Å²) in [5.74, 6) is 1.36. The fourth-order valence-electron chi connectivity index (χ4n) is 16.9. The Balaban J connectivity index is 0.000000145. The molecule has 0 atom stereocenters. The first-order valence-electron chi connectivity index (χ1n) is 39.3. The Labute approximate surface area is 671 Å². The third-order valence-electron chi connectivity index (χ3n) is 22.7. The fourth-order valence-corrected chi connectivity index (χ4v) is 16.9. The molecule has 116 heavy (non-hydrogen) atoms. The van der Waals surface area contributed by atoms with E-state index in [9.17, 15) is 0 Å². The number of fused-ring (bicyclic) bond motifs is 14. The molecule has 0 aliphatic carbocycles. The summed E-state index contributed by atoms with van der Waals surface area (Å²) >= 11 is 0. The van der Waals surface area contributed by atoms with Gasteiger partial charge in [-0.3, -0.25) is 9.97 Å². The van der Waals surface area contributed by atoms with E-state index >= 15 is 0 Å². The number of benzene rings is 18. The number of rotatable bonds is 12. The van der Waals surface area contributed by atoms with E-state index in [2.05, 4.69) is 398 Å². The second-order valence-corrected chi connectivity index (χ2v) is 29.6. The normalized spacial score (nSPS) is 11.4. The van der Waals surface area contributed by atoms with Crippen LogP contribution in [-0.2, 0) is 0 Å². The molecule has 22 rings (SSSR count). The fraction of sp³-hybridized carbons (Fsp3) is 0. The van der Waals surface area contributed by atoms with Crippen molar-refractivity contribution in [1.29, 1.82) is 0 Å². The zero-order chi connectivity index (χ0) is 76.8. The Morgan fingerprint density at radius 3 is 0.819 bits per heavy atom. The third-order valence-corrected chi connectivity index (χ3v) is 22.7. The van der Waals surface area contributed by atoms with Crippen LogP contribution in [0.15, 0.2) is 425 Å². The number of aromatic nitrogens is 6. The number of hydrogen-bond acceptors (Lipinski definition) is 6. The van der Waals surface area contributed by atoms with Crippen molar-refractivity contribution in [2.75, 3.05) is 0 Å². The minimum absolute atomic E-state index is 0.677. The quantitative estimate of drug-likeness (QED) is 0.113. The van der Waals surface area contributed by atoms with Gasteiger partial charge in [-0.2, -0.15) is 0 Å². The van der Waals surface area contributed by atoms with Crippen molar-refractivity contribution in [2.45, 2.75) is 0 Å². The van der Waals surface area contributed by atoms with Crippen molar-refractivity contribution in [1.82, 2.24) is 29.9 Å². The lowest BCUT2D eigenvalue weighted by Gasteiger charge is -2.13. The second-order valence-electron chi connectivity index (χ2n) is 29.6. The molecule has 18 aromatic carbocycles. The van der Waals surface area contributed by atoms with Crippen LogP contribution in [-0.4, -0.2) is 29.9 Å². The molecule has 0 amide bonds. The topological polar surface area (TPSA) is 77.3 Å². The lowest BCUT2D eigenvalue weighted by Crippen LogP contribution is -1.96. The van der Waals surface area contributed by atoms with E-state index in [1.165, 1.54) is 114 Å². The lowest BCUT2D eigenvalue weighted by atomic mass is 9.92. The van der Waals surface area contributed by atoms with Crippen LogP contribution in [0.1, 0.15) is 0 Å². The smallest absolute Gasteiger partial charge is 0.160 e. The molecule has 0 fully saturated rings. The van der Waals surface area contributed by atoms with E-state index in [0.717, 1.165) is 95.1 Å². The van der Waals surface area contributed by atoms with Gasteiger partial charge >= 0.3 is 0 Å². The summed E-state index contributed by atoms with van der Waals surface area (Å²) in [6.45, 7) is 0. The highest BCUT2D eigenvalue weighted by Gasteiger charge is 2.19. The molecule has 0 N–H and O–H groups in total. The van der Waals surface area contributed by atoms with Gasteiger partial charge in [0.05, 0.1) is 22.8 Å². The molecule has 4 heterocycles. The lowest BCUT2D eigenvalue weighted by molar-refractivity contribution is 1.18. The van der Waals surface area contributed by atoms with Crippen LogP contribution >= 0.6 is 0 Å². The Morgan fingerprint density at radius 1 is 0.138 bits per heavy atom. The number of pyridine rings is 2. The average molecular weight is 1480 g/mol. The summed E-state index contributed by atoms with van der Waals surface area (Å²) in [5.41, 5.74) is 23.1. The summed E-state index contributed by atoms with van der Waals surface area (Å²) in [5, 5.41) is 20.2. The Hall–Kier alpha value is -15.5. The zero-order valence-electron chi connectivity index (χ0n) is 63.1. The summed E-state index contributed by atoms with van der Waals surface area (Å²) in [6, 6.07) is 143. The van der Waals surface area contributed by atoms with Crippen molar-refractivity contribution in [3.05, 3.63) is 425 Å². The molecule has 0 saturated heterocycles. The van der Waals surface area contributed by atoms with Crippen molar-refractivity contribution in [2.24, 2.45) is 0 Å². The van der Waals surface area contributed by atoms with Crippen molar-refractivity contribution in [3.63, 3.8) is 0 Å². The van der Waals surface area contributed by atoms with E-state index in [-0.39, 0.29) is 0 Å². The average Bonchev–Trinajstić information content (AvgIpc) is 0.746. The van der Waals surface area contributed by atoms with Crippen LogP contribution in [0.2, 0.25) is 0 Å². The molecule has 0 aliphatic heterocycles. The van der Waals surface area contributed by atoms with Gasteiger partial charge in [-0.15, -0.1) is 0 Å². The first-order valence-corrected chi connectivity index (χ1v) is 39.3. The Morgan fingerprint density at radius 2 is 0.405 bits per heavy atom. The van der Waals surface area contributed by atoms with Crippen molar-refractivity contribution >= 4 is 86.2 Å².